The second-order valence-electron chi connectivity index (χ2n) is 13.0. The van der Waals surface area contributed by atoms with Crippen molar-refractivity contribution in [1.82, 2.24) is 0 Å². The summed E-state index contributed by atoms with van der Waals surface area (Å²) in [6, 6.07) is 0. The third kappa shape index (κ3) is 3.78. The van der Waals surface area contributed by atoms with E-state index in [1.165, 1.54) is 32.1 Å². The van der Waals surface area contributed by atoms with E-state index in [1.54, 1.807) is 0 Å². The number of carbonyl (C=O) groups excluding carboxylic acids is 1. The number of ketones is 1. The van der Waals surface area contributed by atoms with Crippen molar-refractivity contribution in [3.8, 4) is 0 Å². The van der Waals surface area contributed by atoms with Crippen LogP contribution in [0.25, 0.3) is 0 Å². The van der Waals surface area contributed by atoms with E-state index in [9.17, 15) is 20.1 Å². The molecule has 0 radical (unpaired) electrons. The molecule has 0 aromatic heterocycles. The molecule has 4 nitrogen and oxygen atoms in total. The summed E-state index contributed by atoms with van der Waals surface area (Å²) in [4.78, 5) is 13.3. The van der Waals surface area contributed by atoms with E-state index in [1.807, 2.05) is 6.92 Å². The van der Waals surface area contributed by atoms with E-state index in [-0.39, 0.29) is 17.8 Å². The van der Waals surface area contributed by atoms with Gasteiger partial charge >= 0.3 is 0 Å². The Bertz CT molecular complexity index is 784. The van der Waals surface area contributed by atoms with Crippen LogP contribution in [0, 0.1) is 52.3 Å². The summed E-state index contributed by atoms with van der Waals surface area (Å²) in [5, 5.41) is 31.1. The van der Waals surface area contributed by atoms with Crippen LogP contribution in [0.15, 0.2) is 11.6 Å². The highest BCUT2D eigenvalue weighted by Crippen LogP contribution is 2.66. The molecule has 3 unspecified atom stereocenters. The van der Waals surface area contributed by atoms with Gasteiger partial charge in [-0.1, -0.05) is 59.1 Å². The molecule has 3 N–H and O–H groups in total. The molecular weight excluding hydrogens is 412 g/mol. The minimum absolute atomic E-state index is 0.00239. The largest absolute Gasteiger partial charge is 0.387 e. The zero-order valence-corrected chi connectivity index (χ0v) is 21.8. The lowest BCUT2D eigenvalue weighted by molar-refractivity contribution is -0.245. The molecule has 0 heterocycles. The molecule has 9 atom stereocenters. The van der Waals surface area contributed by atoms with Crippen LogP contribution in [0.1, 0.15) is 99.3 Å². The van der Waals surface area contributed by atoms with Gasteiger partial charge in [0.25, 0.3) is 5.79 Å². The number of hydrogen-bond donors (Lipinski definition) is 3. The Morgan fingerprint density at radius 1 is 1.06 bits per heavy atom. The van der Waals surface area contributed by atoms with Crippen LogP contribution in [-0.2, 0) is 4.79 Å². The molecule has 4 heteroatoms. The molecule has 3 saturated carbocycles. The number of Topliss-reactive ketones (excluding diaryl/α,β-unsaturated/α-hetero) is 1. The van der Waals surface area contributed by atoms with Gasteiger partial charge in [-0.25, -0.2) is 0 Å². The molecule has 0 aromatic carbocycles. The van der Waals surface area contributed by atoms with Gasteiger partial charge in [-0.2, -0.15) is 0 Å². The lowest BCUT2D eigenvalue weighted by Crippen LogP contribution is -2.65. The number of aliphatic hydroxyl groups is 3. The molecule has 0 bridgehead atoms. The van der Waals surface area contributed by atoms with Gasteiger partial charge in [-0.3, -0.25) is 4.79 Å². The first-order chi connectivity index (χ1) is 15.4. The summed E-state index contributed by atoms with van der Waals surface area (Å²) < 4.78 is 0. The van der Waals surface area contributed by atoms with Crippen molar-refractivity contribution in [2.45, 2.75) is 111 Å². The number of fused-ring (bicyclic) bond motifs is 5. The van der Waals surface area contributed by atoms with E-state index >= 15 is 0 Å². The molecule has 4 aliphatic carbocycles. The van der Waals surface area contributed by atoms with Crippen molar-refractivity contribution in [3.63, 3.8) is 0 Å². The van der Waals surface area contributed by atoms with Gasteiger partial charge < -0.3 is 15.3 Å². The van der Waals surface area contributed by atoms with Gasteiger partial charge in [0.05, 0.1) is 5.41 Å². The molecule has 0 saturated heterocycles. The fraction of sp³-hybridized carbons (Fsp3) is 0.897. The maximum absolute atomic E-state index is 13.3. The van der Waals surface area contributed by atoms with Crippen LogP contribution < -0.4 is 0 Å². The van der Waals surface area contributed by atoms with Gasteiger partial charge in [-0.05, 0) is 98.7 Å². The smallest absolute Gasteiger partial charge is 0.251 e. The second-order valence-corrected chi connectivity index (χ2v) is 13.0. The Kier molecular flexibility index (Phi) is 6.73. The minimum Gasteiger partial charge on any atom is -0.387 e. The highest BCUT2D eigenvalue weighted by Gasteiger charge is 2.65. The summed E-state index contributed by atoms with van der Waals surface area (Å²) in [5.74, 6) is 0.707. The molecule has 3 fully saturated rings. The molecule has 0 spiro atoms. The normalized spacial score (nSPS) is 44.0. The predicted octanol–water partition coefficient (Wildman–Crippen LogP) is 5.49. The van der Waals surface area contributed by atoms with Crippen molar-refractivity contribution in [3.05, 3.63) is 11.6 Å². The standard InChI is InChI=1S/C29H48O4/c1-7-19(17(2)3)9-8-18(4)22-12-13-23-21-11-10-20-16-25(30)29(32,33)26(31)28(20,6)24(21)14-15-27(22,23)5/h14,17-23,25,30,32-33H,7-13,15-16H2,1-6H3/t18-,19?,20?,21+,22-,23+,25?,27-,28+/m1/s1. The average molecular weight is 461 g/mol. The highest BCUT2D eigenvalue weighted by atomic mass is 16.5. The Hall–Kier alpha value is -0.710. The van der Waals surface area contributed by atoms with Crippen molar-refractivity contribution in [2.75, 3.05) is 0 Å². The highest BCUT2D eigenvalue weighted by molar-refractivity contribution is 5.95. The van der Waals surface area contributed by atoms with E-state index in [0.717, 1.165) is 36.7 Å². The lowest BCUT2D eigenvalue weighted by Gasteiger charge is -2.57. The monoisotopic (exact) mass is 460 g/mol. The maximum atomic E-state index is 13.3. The predicted molar refractivity (Wildman–Crippen MR) is 131 cm³/mol. The summed E-state index contributed by atoms with van der Waals surface area (Å²) in [6.45, 7) is 13.9. The molecule has 4 aliphatic rings. The fourth-order valence-electron chi connectivity index (χ4n) is 9.07. The Balaban J connectivity index is 1.57. The van der Waals surface area contributed by atoms with Crippen molar-refractivity contribution >= 4 is 5.78 Å². The van der Waals surface area contributed by atoms with Crippen molar-refractivity contribution in [1.29, 1.82) is 0 Å². The third-order valence-corrected chi connectivity index (χ3v) is 11.3. The molecule has 188 valence electrons. The van der Waals surface area contributed by atoms with Gasteiger partial charge in [0.1, 0.15) is 6.10 Å². The summed E-state index contributed by atoms with van der Waals surface area (Å²) in [6.07, 6.45) is 10.5. The van der Waals surface area contributed by atoms with Gasteiger partial charge in [-0.15, -0.1) is 0 Å². The summed E-state index contributed by atoms with van der Waals surface area (Å²) in [7, 11) is 0. The number of allylic oxidation sites excluding steroid dienone is 2. The van der Waals surface area contributed by atoms with E-state index < -0.39 is 23.1 Å². The zero-order valence-electron chi connectivity index (χ0n) is 21.8. The number of carbonyl (C=O) groups is 1. The van der Waals surface area contributed by atoms with Gasteiger partial charge in [0, 0.05) is 0 Å². The van der Waals surface area contributed by atoms with Crippen LogP contribution in [0.2, 0.25) is 0 Å². The SMILES string of the molecule is CCC(CC[C@@H](C)[C@H]1CC[C@H]2[C@@H]3CCC4CC(O)C(O)(O)C(=O)[C@]4(C)C3=CC[C@]12C)C(C)C. The summed E-state index contributed by atoms with van der Waals surface area (Å²) >= 11 is 0. The van der Waals surface area contributed by atoms with Gasteiger partial charge in [0.2, 0.25) is 5.78 Å². The third-order valence-electron chi connectivity index (χ3n) is 11.3. The fourth-order valence-corrected chi connectivity index (χ4v) is 9.07. The van der Waals surface area contributed by atoms with E-state index in [0.29, 0.717) is 23.7 Å². The average Bonchev–Trinajstić information content (AvgIpc) is 3.11. The molecule has 0 aliphatic heterocycles. The van der Waals surface area contributed by atoms with Crippen LogP contribution in [-0.4, -0.2) is 33.0 Å². The first kappa shape index (κ1) is 25.4. The van der Waals surface area contributed by atoms with Crippen LogP contribution in [0.3, 0.4) is 0 Å². The number of rotatable bonds is 6. The maximum Gasteiger partial charge on any atom is 0.251 e. The zero-order chi connectivity index (χ0) is 24.3. The first-order valence-electron chi connectivity index (χ1n) is 13.8. The first-order valence-corrected chi connectivity index (χ1v) is 13.8. The van der Waals surface area contributed by atoms with Crippen LogP contribution in [0.4, 0.5) is 0 Å². The molecule has 0 amide bonds. The Morgan fingerprint density at radius 2 is 1.76 bits per heavy atom. The topological polar surface area (TPSA) is 77.8 Å². The Morgan fingerprint density at radius 3 is 2.39 bits per heavy atom. The van der Waals surface area contributed by atoms with Crippen molar-refractivity contribution < 1.29 is 20.1 Å². The van der Waals surface area contributed by atoms with Gasteiger partial charge in [0.15, 0.2) is 0 Å². The quantitative estimate of drug-likeness (QED) is 0.361. The Labute approximate surface area is 201 Å². The molecule has 33 heavy (non-hydrogen) atoms. The summed E-state index contributed by atoms with van der Waals surface area (Å²) in [5.41, 5.74) is 0.565. The number of hydrogen-bond acceptors (Lipinski definition) is 4. The minimum atomic E-state index is -2.63. The number of aliphatic hydroxyl groups excluding tert-OH is 1. The second kappa shape index (κ2) is 8.75. The molecule has 4 rings (SSSR count). The molecule has 0 aromatic rings. The van der Waals surface area contributed by atoms with E-state index in [4.69, 9.17) is 0 Å². The lowest BCUT2D eigenvalue weighted by atomic mass is 9.47. The molecular formula is C29H48O4. The van der Waals surface area contributed by atoms with Crippen LogP contribution in [0.5, 0.6) is 0 Å². The van der Waals surface area contributed by atoms with Crippen molar-refractivity contribution in [2.24, 2.45) is 52.3 Å². The van der Waals surface area contributed by atoms with E-state index in [2.05, 4.69) is 40.7 Å². The van der Waals surface area contributed by atoms with Crippen LogP contribution >= 0.6 is 0 Å².